The van der Waals surface area contributed by atoms with Crippen LogP contribution in [0.1, 0.15) is 5.01 Å². The van der Waals surface area contributed by atoms with Crippen LogP contribution in [0.4, 0.5) is 4.39 Å². The molecule has 0 fully saturated rings. The van der Waals surface area contributed by atoms with E-state index in [1.807, 2.05) is 0 Å². The zero-order chi connectivity index (χ0) is 17.3. The molecule has 0 amide bonds. The number of thiazole rings is 1. The molecule has 0 radical (unpaired) electrons. The van der Waals surface area contributed by atoms with E-state index in [2.05, 4.69) is 15.4 Å². The van der Waals surface area contributed by atoms with Gasteiger partial charge in [0, 0.05) is 25.4 Å². The number of hydrogen-bond donors (Lipinski definition) is 1. The van der Waals surface area contributed by atoms with Crippen LogP contribution in [-0.4, -0.2) is 30.2 Å². The number of halogens is 1. The van der Waals surface area contributed by atoms with Gasteiger partial charge in [-0.25, -0.2) is 17.8 Å². The second kappa shape index (κ2) is 6.42. The Hall–Kier alpha value is -2.10. The first-order valence-corrected chi connectivity index (χ1v) is 9.36. The van der Waals surface area contributed by atoms with Crippen molar-refractivity contribution in [3.63, 3.8) is 0 Å². The van der Waals surface area contributed by atoms with Gasteiger partial charge in [-0.05, 0) is 19.2 Å². The summed E-state index contributed by atoms with van der Waals surface area (Å²) in [4.78, 5) is 4.40. The number of aromatic nitrogens is 3. The van der Waals surface area contributed by atoms with Gasteiger partial charge in [0.05, 0.1) is 6.20 Å². The Morgan fingerprint density at radius 1 is 1.33 bits per heavy atom. The van der Waals surface area contributed by atoms with Crippen molar-refractivity contribution in [2.45, 2.75) is 15.6 Å². The van der Waals surface area contributed by atoms with Crippen molar-refractivity contribution >= 4 is 21.2 Å². The van der Waals surface area contributed by atoms with Gasteiger partial charge >= 0.3 is 0 Å². The number of nitrogens with one attached hydrogen (secondary N) is 1. The van der Waals surface area contributed by atoms with E-state index in [4.69, 9.17) is 0 Å². The van der Waals surface area contributed by atoms with E-state index in [9.17, 15) is 12.8 Å². The van der Waals surface area contributed by atoms with Crippen molar-refractivity contribution in [3.05, 3.63) is 47.5 Å². The Bertz CT molecular complexity index is 979. The third-order valence-electron chi connectivity index (χ3n) is 3.33. The topological polar surface area (TPSA) is 76.9 Å². The van der Waals surface area contributed by atoms with Crippen LogP contribution < -0.4 is 5.32 Å². The van der Waals surface area contributed by atoms with Crippen LogP contribution in [0.25, 0.3) is 11.3 Å². The van der Waals surface area contributed by atoms with Crippen molar-refractivity contribution in [1.29, 1.82) is 0 Å². The fourth-order valence-electron chi connectivity index (χ4n) is 2.23. The lowest BCUT2D eigenvalue weighted by molar-refractivity contribution is 0.597. The van der Waals surface area contributed by atoms with Gasteiger partial charge in [0.15, 0.2) is 4.21 Å². The molecule has 0 aliphatic carbocycles. The number of aryl methyl sites for hydroxylation is 1. The molecule has 9 heteroatoms. The van der Waals surface area contributed by atoms with Gasteiger partial charge < -0.3 is 5.32 Å². The van der Waals surface area contributed by atoms with Crippen LogP contribution in [0.3, 0.4) is 0 Å². The summed E-state index contributed by atoms with van der Waals surface area (Å²) in [5, 5.41) is 7.40. The fraction of sp³-hybridized carbons (Fsp3) is 0.200. The number of nitrogens with zero attached hydrogens (tertiary/aromatic N) is 3. The molecule has 3 rings (SSSR count). The molecule has 2 aromatic heterocycles. The largest absolute Gasteiger partial charge is 0.314 e. The maximum Gasteiger partial charge on any atom is 0.221 e. The molecule has 126 valence electrons. The highest BCUT2D eigenvalue weighted by Gasteiger charge is 2.29. The SMILES string of the molecule is CNCc1nc(-c2ccccc2F)c(S(=O)(=O)c2cnn(C)c2)s1. The minimum absolute atomic E-state index is 0.0193. The average Bonchev–Trinajstić information content (AvgIpc) is 3.15. The number of benzene rings is 1. The van der Waals surface area contributed by atoms with Crippen LogP contribution in [-0.2, 0) is 23.4 Å². The number of sulfone groups is 1. The van der Waals surface area contributed by atoms with E-state index in [1.54, 1.807) is 26.2 Å². The molecule has 0 aliphatic rings. The number of hydrogen-bond acceptors (Lipinski definition) is 6. The Balaban J connectivity index is 2.22. The summed E-state index contributed by atoms with van der Waals surface area (Å²) in [6.07, 6.45) is 2.69. The van der Waals surface area contributed by atoms with Crippen molar-refractivity contribution in [2.75, 3.05) is 7.05 Å². The van der Waals surface area contributed by atoms with Crippen molar-refractivity contribution in [1.82, 2.24) is 20.1 Å². The predicted molar refractivity (Wildman–Crippen MR) is 88.9 cm³/mol. The van der Waals surface area contributed by atoms with Gasteiger partial charge in [0.1, 0.15) is 21.4 Å². The fourth-order valence-corrected chi connectivity index (χ4v) is 5.16. The highest BCUT2D eigenvalue weighted by molar-refractivity contribution is 7.93. The minimum atomic E-state index is -3.83. The van der Waals surface area contributed by atoms with Crippen molar-refractivity contribution in [2.24, 2.45) is 7.05 Å². The van der Waals surface area contributed by atoms with E-state index >= 15 is 0 Å². The lowest BCUT2D eigenvalue weighted by Gasteiger charge is -2.03. The first kappa shape index (κ1) is 16.7. The molecule has 2 heterocycles. The Morgan fingerprint density at radius 2 is 2.08 bits per heavy atom. The molecule has 0 bridgehead atoms. The summed E-state index contributed by atoms with van der Waals surface area (Å²) in [6.45, 7) is 0.397. The van der Waals surface area contributed by atoms with E-state index in [0.717, 1.165) is 11.3 Å². The quantitative estimate of drug-likeness (QED) is 0.749. The van der Waals surface area contributed by atoms with E-state index in [-0.39, 0.29) is 20.4 Å². The Labute approximate surface area is 142 Å². The average molecular weight is 366 g/mol. The molecule has 0 saturated carbocycles. The molecule has 1 aromatic carbocycles. The minimum Gasteiger partial charge on any atom is -0.314 e. The Morgan fingerprint density at radius 3 is 2.71 bits per heavy atom. The van der Waals surface area contributed by atoms with Gasteiger partial charge in [0.25, 0.3) is 0 Å². The smallest absolute Gasteiger partial charge is 0.221 e. The van der Waals surface area contributed by atoms with Crippen LogP contribution >= 0.6 is 11.3 Å². The molecule has 3 aromatic rings. The highest BCUT2D eigenvalue weighted by Crippen LogP contribution is 2.36. The molecule has 6 nitrogen and oxygen atoms in total. The van der Waals surface area contributed by atoms with Gasteiger partial charge in [-0.1, -0.05) is 12.1 Å². The van der Waals surface area contributed by atoms with E-state index in [1.165, 1.54) is 29.2 Å². The zero-order valence-electron chi connectivity index (χ0n) is 13.0. The van der Waals surface area contributed by atoms with E-state index in [0.29, 0.717) is 11.6 Å². The Kier molecular flexibility index (Phi) is 4.48. The van der Waals surface area contributed by atoms with Gasteiger partial charge in [-0.2, -0.15) is 5.10 Å². The van der Waals surface area contributed by atoms with Crippen molar-refractivity contribution in [3.8, 4) is 11.3 Å². The summed E-state index contributed by atoms with van der Waals surface area (Å²) in [5.74, 6) is -0.513. The van der Waals surface area contributed by atoms with Gasteiger partial charge in [-0.3, -0.25) is 4.68 Å². The summed E-state index contributed by atoms with van der Waals surface area (Å²) < 4.78 is 41.5. The van der Waals surface area contributed by atoms with Crippen LogP contribution in [0.15, 0.2) is 45.8 Å². The molecular weight excluding hydrogens is 351 g/mol. The van der Waals surface area contributed by atoms with Gasteiger partial charge in [0.2, 0.25) is 9.84 Å². The molecule has 0 unspecified atom stereocenters. The second-order valence-corrected chi connectivity index (χ2v) is 8.34. The molecule has 1 N–H and O–H groups in total. The summed E-state index contributed by atoms with van der Waals surface area (Å²) in [5.41, 5.74) is 0.297. The maximum absolute atomic E-state index is 14.2. The predicted octanol–water partition coefficient (Wildman–Crippen LogP) is 2.23. The van der Waals surface area contributed by atoms with Gasteiger partial charge in [-0.15, -0.1) is 11.3 Å². The second-order valence-electron chi connectivity index (χ2n) is 5.11. The third-order valence-corrected chi connectivity index (χ3v) is 6.60. The molecule has 24 heavy (non-hydrogen) atoms. The first-order chi connectivity index (χ1) is 11.4. The normalized spacial score (nSPS) is 11.8. The van der Waals surface area contributed by atoms with Crippen LogP contribution in [0.2, 0.25) is 0 Å². The van der Waals surface area contributed by atoms with E-state index < -0.39 is 15.7 Å². The standard InChI is InChI=1S/C15H15FN4O2S2/c1-17-8-13-19-14(11-5-3-4-6-12(11)16)15(23-13)24(21,22)10-7-18-20(2)9-10/h3-7,9,17H,8H2,1-2H3. The molecule has 0 aliphatic heterocycles. The first-order valence-electron chi connectivity index (χ1n) is 7.06. The van der Waals surface area contributed by atoms with Crippen LogP contribution in [0.5, 0.6) is 0 Å². The lowest BCUT2D eigenvalue weighted by Crippen LogP contribution is -2.04. The number of rotatable bonds is 5. The van der Waals surface area contributed by atoms with Crippen LogP contribution in [0, 0.1) is 5.82 Å². The summed E-state index contributed by atoms with van der Waals surface area (Å²) >= 11 is 1.03. The molecule has 0 atom stereocenters. The third kappa shape index (κ3) is 2.97. The molecular formula is C15H15FN4O2S2. The summed E-state index contributed by atoms with van der Waals surface area (Å²) in [6, 6.07) is 6.01. The summed E-state index contributed by atoms with van der Waals surface area (Å²) in [7, 11) is -0.463. The zero-order valence-corrected chi connectivity index (χ0v) is 14.7. The highest BCUT2D eigenvalue weighted by atomic mass is 32.2. The molecule has 0 spiro atoms. The maximum atomic E-state index is 14.2. The lowest BCUT2D eigenvalue weighted by atomic mass is 10.1. The monoisotopic (exact) mass is 366 g/mol. The van der Waals surface area contributed by atoms with Crippen molar-refractivity contribution < 1.29 is 12.8 Å². The molecule has 0 saturated heterocycles.